The van der Waals surface area contributed by atoms with Gasteiger partial charge in [-0.25, -0.2) is 4.99 Å². The maximum Gasteiger partial charge on any atom is 0.280 e. The summed E-state index contributed by atoms with van der Waals surface area (Å²) in [6, 6.07) is 15.0. The molecule has 2 aliphatic rings. The van der Waals surface area contributed by atoms with Crippen LogP contribution < -0.4 is 4.90 Å². The summed E-state index contributed by atoms with van der Waals surface area (Å²) in [5, 5.41) is 11.1. The zero-order chi connectivity index (χ0) is 20.0. The van der Waals surface area contributed by atoms with Crippen LogP contribution in [0.4, 0.5) is 5.69 Å². The van der Waals surface area contributed by atoms with E-state index in [1.807, 2.05) is 24.3 Å². The molecule has 2 N–H and O–H groups in total. The fourth-order valence-electron chi connectivity index (χ4n) is 3.84. The van der Waals surface area contributed by atoms with Gasteiger partial charge in [0.25, 0.3) is 5.91 Å². The number of hydrogen-bond acceptors (Lipinski definition) is 4. The van der Waals surface area contributed by atoms with Crippen LogP contribution in [-0.2, 0) is 4.74 Å². The van der Waals surface area contributed by atoms with Crippen molar-refractivity contribution in [1.29, 1.82) is 0 Å². The summed E-state index contributed by atoms with van der Waals surface area (Å²) in [6.07, 6.45) is 0. The lowest BCUT2D eigenvalue weighted by Crippen LogP contribution is -2.36. The van der Waals surface area contributed by atoms with Gasteiger partial charge in [-0.2, -0.15) is 0 Å². The second-order valence-corrected chi connectivity index (χ2v) is 7.45. The Kier molecular flexibility index (Phi) is 4.38. The molecule has 7 heteroatoms. The fourth-order valence-corrected chi connectivity index (χ4v) is 3.96. The standard InChI is InChI=1S/C22H18ClN3O3/c23-15-5-1-13(2-6-15)19-17-18(22(28)24-19)20(25-21(17)27)14-3-7-16(8-4-14)26-9-11-29-12-10-26/h1-8,25,27H,9-12H2. The summed E-state index contributed by atoms with van der Waals surface area (Å²) in [5.41, 5.74) is 4.50. The number of ether oxygens (including phenoxy) is 1. The number of anilines is 1. The molecular weight excluding hydrogens is 390 g/mol. The summed E-state index contributed by atoms with van der Waals surface area (Å²) in [6.45, 7) is 3.15. The Balaban J connectivity index is 1.51. The summed E-state index contributed by atoms with van der Waals surface area (Å²) >= 11 is 5.96. The average molecular weight is 408 g/mol. The second-order valence-electron chi connectivity index (χ2n) is 7.02. The zero-order valence-electron chi connectivity index (χ0n) is 15.5. The summed E-state index contributed by atoms with van der Waals surface area (Å²) in [5.74, 6) is -0.430. The van der Waals surface area contributed by atoms with Crippen LogP contribution in [0.15, 0.2) is 53.5 Å². The highest BCUT2D eigenvalue weighted by atomic mass is 35.5. The number of carbonyl (C=O) groups is 1. The van der Waals surface area contributed by atoms with E-state index in [1.54, 1.807) is 24.3 Å². The van der Waals surface area contributed by atoms with Gasteiger partial charge in [-0.3, -0.25) is 4.79 Å². The van der Waals surface area contributed by atoms with E-state index in [-0.39, 0.29) is 11.8 Å². The van der Waals surface area contributed by atoms with E-state index in [4.69, 9.17) is 16.3 Å². The predicted octanol–water partition coefficient (Wildman–Crippen LogP) is 3.87. The van der Waals surface area contributed by atoms with E-state index in [9.17, 15) is 9.90 Å². The molecule has 0 saturated carbocycles. The first kappa shape index (κ1) is 18.0. The Hall–Kier alpha value is -3.09. The number of nitrogens with one attached hydrogen (secondary N) is 1. The molecule has 0 radical (unpaired) electrons. The number of aromatic nitrogens is 1. The lowest BCUT2D eigenvalue weighted by Gasteiger charge is -2.28. The van der Waals surface area contributed by atoms with Crippen molar-refractivity contribution in [1.82, 2.24) is 4.98 Å². The van der Waals surface area contributed by atoms with Gasteiger partial charge in [0.1, 0.15) is 0 Å². The lowest BCUT2D eigenvalue weighted by atomic mass is 10.00. The van der Waals surface area contributed by atoms with Crippen molar-refractivity contribution in [3.8, 4) is 17.1 Å². The molecule has 2 aliphatic heterocycles. The molecular formula is C22H18ClN3O3. The number of nitrogens with zero attached hydrogens (tertiary/aromatic N) is 2. The van der Waals surface area contributed by atoms with Crippen LogP contribution in [0.1, 0.15) is 21.5 Å². The van der Waals surface area contributed by atoms with Crippen LogP contribution in [0.3, 0.4) is 0 Å². The fraction of sp³-hybridized carbons (Fsp3) is 0.182. The van der Waals surface area contributed by atoms with Gasteiger partial charge in [0.2, 0.25) is 0 Å². The molecule has 29 heavy (non-hydrogen) atoms. The molecule has 1 fully saturated rings. The van der Waals surface area contributed by atoms with E-state index in [1.165, 1.54) is 0 Å². The molecule has 0 bridgehead atoms. The number of amides is 1. The van der Waals surface area contributed by atoms with Crippen molar-refractivity contribution >= 4 is 28.9 Å². The molecule has 6 nitrogen and oxygen atoms in total. The quantitative estimate of drug-likeness (QED) is 0.691. The highest BCUT2D eigenvalue weighted by molar-refractivity contribution is 6.32. The minimum atomic E-state index is -0.367. The Morgan fingerprint density at radius 3 is 2.31 bits per heavy atom. The smallest absolute Gasteiger partial charge is 0.280 e. The van der Waals surface area contributed by atoms with Crippen LogP contribution in [0.5, 0.6) is 5.88 Å². The van der Waals surface area contributed by atoms with Crippen molar-refractivity contribution in [3.05, 3.63) is 70.2 Å². The van der Waals surface area contributed by atoms with Gasteiger partial charge < -0.3 is 19.7 Å². The Morgan fingerprint density at radius 1 is 0.966 bits per heavy atom. The number of aliphatic imine (C=N–C) groups is 1. The lowest BCUT2D eigenvalue weighted by molar-refractivity contribution is 0.101. The SMILES string of the molecule is O=C1N=C(c2ccc(Cl)cc2)c2c(O)[nH]c(-c3ccc(N4CCOCC4)cc3)c21. The average Bonchev–Trinajstić information content (AvgIpc) is 3.28. The summed E-state index contributed by atoms with van der Waals surface area (Å²) in [7, 11) is 0. The van der Waals surface area contributed by atoms with Crippen molar-refractivity contribution in [3.63, 3.8) is 0 Å². The van der Waals surface area contributed by atoms with E-state index in [2.05, 4.69) is 14.9 Å². The minimum Gasteiger partial charge on any atom is -0.494 e. The maximum atomic E-state index is 12.7. The molecule has 3 aromatic rings. The van der Waals surface area contributed by atoms with Gasteiger partial charge in [0.05, 0.1) is 35.7 Å². The first-order chi connectivity index (χ1) is 14.1. The number of morpholine rings is 1. The molecule has 1 aromatic heterocycles. The van der Waals surface area contributed by atoms with Gasteiger partial charge in [0.15, 0.2) is 5.88 Å². The Labute approximate surface area is 172 Å². The van der Waals surface area contributed by atoms with Gasteiger partial charge in [-0.05, 0) is 29.8 Å². The van der Waals surface area contributed by atoms with Gasteiger partial charge in [-0.15, -0.1) is 0 Å². The predicted molar refractivity (Wildman–Crippen MR) is 112 cm³/mol. The third kappa shape index (κ3) is 3.10. The van der Waals surface area contributed by atoms with Crippen LogP contribution in [0.25, 0.3) is 11.3 Å². The molecule has 146 valence electrons. The molecule has 5 rings (SSSR count). The molecule has 0 aliphatic carbocycles. The normalized spacial score (nSPS) is 16.1. The number of rotatable bonds is 3. The molecule has 0 unspecified atom stereocenters. The molecule has 0 atom stereocenters. The molecule has 3 heterocycles. The molecule has 2 aromatic carbocycles. The minimum absolute atomic E-state index is 0.0631. The van der Waals surface area contributed by atoms with Crippen LogP contribution in [0, 0.1) is 0 Å². The van der Waals surface area contributed by atoms with E-state index < -0.39 is 0 Å². The van der Waals surface area contributed by atoms with Crippen LogP contribution in [-0.4, -0.2) is 48.0 Å². The summed E-state index contributed by atoms with van der Waals surface area (Å²) in [4.78, 5) is 22.1. The number of aromatic hydroxyl groups is 1. The van der Waals surface area contributed by atoms with E-state index in [0.29, 0.717) is 27.6 Å². The number of H-pyrrole nitrogens is 1. The van der Waals surface area contributed by atoms with Gasteiger partial charge >= 0.3 is 0 Å². The molecule has 0 spiro atoms. The van der Waals surface area contributed by atoms with Gasteiger partial charge in [0, 0.05) is 29.4 Å². The van der Waals surface area contributed by atoms with Crippen molar-refractivity contribution in [2.24, 2.45) is 4.99 Å². The van der Waals surface area contributed by atoms with Crippen molar-refractivity contribution in [2.45, 2.75) is 0 Å². The first-order valence-corrected chi connectivity index (χ1v) is 9.77. The highest BCUT2D eigenvalue weighted by Crippen LogP contribution is 2.38. The third-order valence-electron chi connectivity index (χ3n) is 5.29. The van der Waals surface area contributed by atoms with Crippen LogP contribution in [0.2, 0.25) is 5.02 Å². The molecule has 1 saturated heterocycles. The molecule has 1 amide bonds. The number of fused-ring (bicyclic) bond motifs is 1. The third-order valence-corrected chi connectivity index (χ3v) is 5.55. The van der Waals surface area contributed by atoms with Crippen molar-refractivity contribution < 1.29 is 14.6 Å². The number of hydrogen-bond donors (Lipinski definition) is 2. The van der Waals surface area contributed by atoms with Gasteiger partial charge in [-0.1, -0.05) is 35.9 Å². The monoisotopic (exact) mass is 407 g/mol. The second kappa shape index (κ2) is 7.06. The van der Waals surface area contributed by atoms with E-state index >= 15 is 0 Å². The number of aromatic amines is 1. The van der Waals surface area contributed by atoms with Crippen LogP contribution >= 0.6 is 11.6 Å². The topological polar surface area (TPSA) is 77.9 Å². The number of benzene rings is 2. The Bertz CT molecular complexity index is 1110. The summed E-state index contributed by atoms with van der Waals surface area (Å²) < 4.78 is 5.40. The number of carbonyl (C=O) groups excluding carboxylic acids is 1. The highest BCUT2D eigenvalue weighted by Gasteiger charge is 2.33. The zero-order valence-corrected chi connectivity index (χ0v) is 16.2. The van der Waals surface area contributed by atoms with Crippen molar-refractivity contribution in [2.75, 3.05) is 31.2 Å². The van der Waals surface area contributed by atoms with E-state index in [0.717, 1.165) is 43.1 Å². The Morgan fingerprint density at radius 2 is 1.62 bits per heavy atom. The number of halogens is 1. The first-order valence-electron chi connectivity index (χ1n) is 9.39. The largest absolute Gasteiger partial charge is 0.494 e. The maximum absolute atomic E-state index is 12.7.